The van der Waals surface area contributed by atoms with Crippen LogP contribution in [0.1, 0.15) is 29.5 Å². The lowest BCUT2D eigenvalue weighted by Crippen LogP contribution is -2.51. The molecule has 5 heteroatoms. The monoisotopic (exact) mass is 350 g/mol. The predicted octanol–water partition coefficient (Wildman–Crippen LogP) is 4.38. The van der Waals surface area contributed by atoms with Gasteiger partial charge >= 0.3 is 6.18 Å². The molecule has 0 radical (unpaired) electrons. The van der Waals surface area contributed by atoms with Gasteiger partial charge in [-0.25, -0.2) is 0 Å². The molecule has 0 amide bonds. The number of benzene rings is 2. The smallest absolute Gasteiger partial charge is 0.390 e. The highest BCUT2D eigenvalue weighted by Crippen LogP contribution is 2.34. The van der Waals surface area contributed by atoms with Crippen LogP contribution >= 0.6 is 0 Å². The van der Waals surface area contributed by atoms with Gasteiger partial charge in [0.2, 0.25) is 0 Å². The van der Waals surface area contributed by atoms with Crippen molar-refractivity contribution in [2.45, 2.75) is 38.1 Å². The van der Waals surface area contributed by atoms with E-state index in [1.165, 1.54) is 5.56 Å². The summed E-state index contributed by atoms with van der Waals surface area (Å²) in [7, 11) is 0. The summed E-state index contributed by atoms with van der Waals surface area (Å²) < 4.78 is 39.0. The Balaban J connectivity index is 1.85. The van der Waals surface area contributed by atoms with Gasteiger partial charge in [-0.3, -0.25) is 0 Å². The van der Waals surface area contributed by atoms with Crippen molar-refractivity contribution in [1.82, 2.24) is 0 Å². The topological polar surface area (TPSA) is 20.2 Å². The van der Waals surface area contributed by atoms with Crippen LogP contribution in [0, 0.1) is 0 Å². The van der Waals surface area contributed by atoms with Crippen molar-refractivity contribution >= 4 is 0 Å². The number of likely N-dealkylation sites (tertiary alicyclic amines) is 1. The van der Waals surface area contributed by atoms with E-state index in [0.717, 1.165) is 43.6 Å². The maximum Gasteiger partial charge on any atom is 0.416 e. The van der Waals surface area contributed by atoms with Crippen LogP contribution in [0.4, 0.5) is 13.2 Å². The Bertz CT molecular complexity index is 684. The first-order chi connectivity index (χ1) is 11.9. The molecular formula is C20H23F3NO+. The first-order valence-corrected chi connectivity index (χ1v) is 8.60. The summed E-state index contributed by atoms with van der Waals surface area (Å²) in [5.41, 5.74) is 1.45. The van der Waals surface area contributed by atoms with E-state index in [2.05, 4.69) is 12.1 Å². The number of aliphatic hydroxyl groups is 1. The molecule has 2 atom stereocenters. The Kier molecular flexibility index (Phi) is 5.16. The molecule has 2 nitrogen and oxygen atoms in total. The first kappa shape index (κ1) is 18.0. The van der Waals surface area contributed by atoms with Gasteiger partial charge in [-0.05, 0) is 12.1 Å². The molecule has 0 bridgehead atoms. The summed E-state index contributed by atoms with van der Waals surface area (Å²) in [6, 6.07) is 15.7. The van der Waals surface area contributed by atoms with Crippen LogP contribution in [-0.2, 0) is 19.3 Å². The summed E-state index contributed by atoms with van der Waals surface area (Å²) in [6.45, 7) is 2.46. The van der Waals surface area contributed by atoms with E-state index in [0.29, 0.717) is 11.0 Å². The maximum atomic E-state index is 12.8. The van der Waals surface area contributed by atoms with Gasteiger partial charge in [-0.1, -0.05) is 42.5 Å². The molecule has 1 unspecified atom stereocenters. The van der Waals surface area contributed by atoms with Gasteiger partial charge < -0.3 is 9.59 Å². The van der Waals surface area contributed by atoms with Crippen molar-refractivity contribution in [2.75, 3.05) is 13.2 Å². The Hall–Kier alpha value is -1.85. The van der Waals surface area contributed by atoms with Gasteiger partial charge in [-0.15, -0.1) is 0 Å². The molecule has 0 aromatic heterocycles. The molecule has 25 heavy (non-hydrogen) atoms. The molecule has 3 rings (SSSR count). The number of aliphatic hydroxyl groups excluding tert-OH is 1. The van der Waals surface area contributed by atoms with Crippen molar-refractivity contribution in [2.24, 2.45) is 0 Å². The molecule has 0 aliphatic carbocycles. The lowest BCUT2D eigenvalue weighted by Gasteiger charge is -2.40. The van der Waals surface area contributed by atoms with Crippen LogP contribution in [0.2, 0.25) is 0 Å². The van der Waals surface area contributed by atoms with Gasteiger partial charge in [0.1, 0.15) is 19.1 Å². The Morgan fingerprint density at radius 3 is 2.08 bits per heavy atom. The Morgan fingerprint density at radius 2 is 1.52 bits per heavy atom. The highest BCUT2D eigenvalue weighted by Gasteiger charge is 2.41. The normalized spacial score (nSPS) is 23.8. The molecule has 1 fully saturated rings. The van der Waals surface area contributed by atoms with E-state index in [4.69, 9.17) is 0 Å². The number of nitrogens with zero attached hydrogens (tertiary/aromatic N) is 1. The second-order valence-electron chi connectivity index (χ2n) is 6.92. The highest BCUT2D eigenvalue weighted by molar-refractivity contribution is 5.24. The Labute approximate surface area is 146 Å². The van der Waals surface area contributed by atoms with Gasteiger partial charge in [-0.2, -0.15) is 13.2 Å². The molecule has 1 N–H and O–H groups in total. The zero-order valence-corrected chi connectivity index (χ0v) is 14.0. The SMILES string of the molecule is OC[C@@H]1CCC[N+]1(Cc1ccccc1)Cc1ccc(C(F)(F)F)cc1. The summed E-state index contributed by atoms with van der Waals surface area (Å²) >= 11 is 0. The minimum absolute atomic E-state index is 0.105. The minimum Gasteiger partial charge on any atom is -0.390 e. The van der Waals surface area contributed by atoms with Crippen LogP contribution < -0.4 is 0 Å². The predicted molar refractivity (Wildman–Crippen MR) is 90.5 cm³/mol. The van der Waals surface area contributed by atoms with Gasteiger partial charge in [0.15, 0.2) is 0 Å². The van der Waals surface area contributed by atoms with E-state index >= 15 is 0 Å². The number of alkyl halides is 3. The third-order valence-corrected chi connectivity index (χ3v) is 5.25. The van der Waals surface area contributed by atoms with Gasteiger partial charge in [0.25, 0.3) is 0 Å². The van der Waals surface area contributed by atoms with Crippen LogP contribution in [0.15, 0.2) is 54.6 Å². The van der Waals surface area contributed by atoms with E-state index in [-0.39, 0.29) is 12.6 Å². The average Bonchev–Trinajstić information content (AvgIpc) is 2.97. The molecule has 0 spiro atoms. The third-order valence-electron chi connectivity index (χ3n) is 5.25. The van der Waals surface area contributed by atoms with Crippen molar-refractivity contribution in [3.05, 3.63) is 71.3 Å². The number of rotatable bonds is 5. The number of halogens is 3. The van der Waals surface area contributed by atoms with Crippen molar-refractivity contribution < 1.29 is 22.8 Å². The fraction of sp³-hybridized carbons (Fsp3) is 0.400. The van der Waals surface area contributed by atoms with Crippen molar-refractivity contribution in [3.63, 3.8) is 0 Å². The van der Waals surface area contributed by atoms with Gasteiger partial charge in [0.05, 0.1) is 18.7 Å². The van der Waals surface area contributed by atoms with E-state index in [1.807, 2.05) is 18.2 Å². The van der Waals surface area contributed by atoms with Crippen molar-refractivity contribution in [3.8, 4) is 0 Å². The van der Waals surface area contributed by atoms with Crippen molar-refractivity contribution in [1.29, 1.82) is 0 Å². The fourth-order valence-corrected chi connectivity index (χ4v) is 3.94. The molecular weight excluding hydrogens is 327 g/mol. The molecule has 0 saturated carbocycles. The maximum absolute atomic E-state index is 12.8. The van der Waals surface area contributed by atoms with Crippen LogP contribution in [0.25, 0.3) is 0 Å². The van der Waals surface area contributed by atoms with Crippen LogP contribution in [0.5, 0.6) is 0 Å². The van der Waals surface area contributed by atoms with E-state index in [1.54, 1.807) is 12.1 Å². The third kappa shape index (κ3) is 4.05. The molecule has 2 aromatic carbocycles. The molecule has 1 heterocycles. The summed E-state index contributed by atoms with van der Waals surface area (Å²) in [5.74, 6) is 0. The average molecular weight is 350 g/mol. The summed E-state index contributed by atoms with van der Waals surface area (Å²) in [4.78, 5) is 0. The molecule has 1 saturated heterocycles. The largest absolute Gasteiger partial charge is 0.416 e. The zero-order valence-electron chi connectivity index (χ0n) is 14.0. The zero-order chi connectivity index (χ0) is 17.9. The van der Waals surface area contributed by atoms with E-state index in [9.17, 15) is 18.3 Å². The van der Waals surface area contributed by atoms with Crippen LogP contribution in [-0.4, -0.2) is 28.8 Å². The lowest BCUT2D eigenvalue weighted by atomic mass is 10.1. The molecule has 134 valence electrons. The highest BCUT2D eigenvalue weighted by atomic mass is 19.4. The Morgan fingerprint density at radius 1 is 0.920 bits per heavy atom. The molecule has 2 aromatic rings. The number of quaternary nitrogens is 1. The summed E-state index contributed by atoms with van der Waals surface area (Å²) in [5, 5.41) is 9.84. The second kappa shape index (κ2) is 7.18. The van der Waals surface area contributed by atoms with E-state index < -0.39 is 11.7 Å². The molecule has 1 aliphatic rings. The standard InChI is InChI=1S/C20H23F3NO/c21-20(22,23)18-10-8-17(9-11-18)14-24(12-4-7-19(24)15-25)13-16-5-2-1-3-6-16/h1-3,5-6,8-11,19,25H,4,7,12-15H2/q+1/t19-,24?/m0/s1. The summed E-state index contributed by atoms with van der Waals surface area (Å²) in [6.07, 6.45) is -2.33. The number of hydrogen-bond acceptors (Lipinski definition) is 1. The minimum atomic E-state index is -4.31. The van der Waals surface area contributed by atoms with Gasteiger partial charge in [0, 0.05) is 24.0 Å². The second-order valence-corrected chi connectivity index (χ2v) is 6.92. The molecule has 1 aliphatic heterocycles. The first-order valence-electron chi connectivity index (χ1n) is 8.60. The lowest BCUT2D eigenvalue weighted by molar-refractivity contribution is -0.964. The fourth-order valence-electron chi connectivity index (χ4n) is 3.94. The number of hydrogen-bond donors (Lipinski definition) is 1. The van der Waals surface area contributed by atoms with Crippen LogP contribution in [0.3, 0.4) is 0 Å². The quantitative estimate of drug-likeness (QED) is 0.794.